The number of halogens is 2. The fourth-order valence-electron chi connectivity index (χ4n) is 9.00. The molecule has 0 unspecified atom stereocenters. The highest BCUT2D eigenvalue weighted by molar-refractivity contribution is 7.10. The molecule has 2 N–H and O–H groups in total. The highest BCUT2D eigenvalue weighted by Gasteiger charge is 2.50. The molecule has 6 bridgehead atoms. The molecule has 0 radical (unpaired) electrons. The van der Waals surface area contributed by atoms with Gasteiger partial charge < -0.3 is 33.7 Å². The molecule has 1 aliphatic carbocycles. The van der Waals surface area contributed by atoms with Crippen LogP contribution < -0.4 is 20.4 Å². The molecule has 14 nitrogen and oxygen atoms in total. The summed E-state index contributed by atoms with van der Waals surface area (Å²) in [6.45, 7) is 10.4. The van der Waals surface area contributed by atoms with Crippen LogP contribution in [0.2, 0.25) is 0 Å². The number of benzene rings is 1. The van der Waals surface area contributed by atoms with Gasteiger partial charge in [-0.15, -0.1) is 11.3 Å². The van der Waals surface area contributed by atoms with Gasteiger partial charge in [-0.05, 0) is 56.4 Å². The number of ether oxygens (including phenoxy) is 4. The fraction of sp³-hybridized carbons (Fsp3) is 0.558. The molecule has 2 saturated heterocycles. The minimum Gasteiger partial charge on any atom is -0.489 e. The summed E-state index contributed by atoms with van der Waals surface area (Å²) in [7, 11) is 1.69. The fourth-order valence-corrected chi connectivity index (χ4v) is 9.85. The van der Waals surface area contributed by atoms with E-state index in [0.29, 0.717) is 68.6 Å². The van der Waals surface area contributed by atoms with E-state index in [9.17, 15) is 23.2 Å². The van der Waals surface area contributed by atoms with Crippen molar-refractivity contribution >= 4 is 45.7 Å². The normalized spacial score (nSPS) is 24.8. The Hall–Kier alpha value is -4.71. The molecule has 5 aliphatic rings. The minimum atomic E-state index is -2.61. The number of cyclic esters (lactones) is 1. The van der Waals surface area contributed by atoms with Crippen LogP contribution in [0.4, 0.5) is 14.5 Å². The van der Waals surface area contributed by atoms with Crippen molar-refractivity contribution in [3.05, 3.63) is 46.0 Å². The van der Waals surface area contributed by atoms with Gasteiger partial charge in [0, 0.05) is 72.3 Å². The number of aromatic nitrogens is 3. The molecule has 1 saturated carbocycles. The van der Waals surface area contributed by atoms with Crippen LogP contribution in [0.3, 0.4) is 0 Å². The Morgan fingerprint density at radius 2 is 1.92 bits per heavy atom. The van der Waals surface area contributed by atoms with Crippen molar-refractivity contribution in [3.63, 3.8) is 0 Å². The zero-order valence-corrected chi connectivity index (χ0v) is 35.1. The van der Waals surface area contributed by atoms with Crippen LogP contribution in [-0.4, -0.2) is 109 Å². The lowest BCUT2D eigenvalue weighted by molar-refractivity contribution is -0.155. The van der Waals surface area contributed by atoms with Crippen molar-refractivity contribution in [2.45, 2.75) is 84.0 Å². The smallest absolute Gasteiger partial charge is 0.324 e. The Bertz CT molecular complexity index is 2310. The third-order valence-corrected chi connectivity index (χ3v) is 13.3. The van der Waals surface area contributed by atoms with Gasteiger partial charge in [-0.2, -0.15) is 0 Å². The number of hydrogen-bond acceptors (Lipinski definition) is 12. The number of esters is 1. The van der Waals surface area contributed by atoms with Gasteiger partial charge in [-0.3, -0.25) is 24.4 Å². The predicted octanol–water partition coefficient (Wildman–Crippen LogP) is 5.31. The number of fused-ring (bicyclic) bond motifs is 6. The Kier molecular flexibility index (Phi) is 11.0. The number of methoxy groups -OCH3 is 1. The zero-order chi connectivity index (χ0) is 41.9. The van der Waals surface area contributed by atoms with Gasteiger partial charge in [-0.25, -0.2) is 19.2 Å². The second kappa shape index (κ2) is 16.3. The molecule has 0 spiro atoms. The second-order valence-electron chi connectivity index (χ2n) is 17.3. The topological polar surface area (TPSA) is 149 Å². The van der Waals surface area contributed by atoms with Crippen molar-refractivity contribution in [2.24, 2.45) is 17.3 Å². The van der Waals surface area contributed by atoms with E-state index < -0.39 is 53.5 Å². The summed E-state index contributed by atoms with van der Waals surface area (Å²) in [6, 6.07) is 4.44. The summed E-state index contributed by atoms with van der Waals surface area (Å²) < 4.78 is 53.3. The van der Waals surface area contributed by atoms with Crippen LogP contribution >= 0.6 is 11.3 Å². The van der Waals surface area contributed by atoms with Crippen molar-refractivity contribution in [3.8, 4) is 28.3 Å². The number of amides is 2. The highest BCUT2D eigenvalue weighted by Crippen LogP contribution is 2.47. The van der Waals surface area contributed by atoms with Crippen LogP contribution in [0.25, 0.3) is 33.4 Å². The van der Waals surface area contributed by atoms with Gasteiger partial charge in [0.2, 0.25) is 12.3 Å². The average molecular weight is 848 g/mol. The quantitative estimate of drug-likeness (QED) is 0.233. The van der Waals surface area contributed by atoms with E-state index >= 15 is 0 Å². The van der Waals surface area contributed by atoms with Crippen molar-refractivity contribution < 1.29 is 42.1 Å². The van der Waals surface area contributed by atoms with E-state index in [4.69, 9.17) is 28.9 Å². The maximum atomic E-state index is 14.1. The number of nitrogens with one attached hydrogen (secondary N) is 2. The minimum absolute atomic E-state index is 0.0348. The van der Waals surface area contributed by atoms with E-state index in [1.54, 1.807) is 7.11 Å². The summed E-state index contributed by atoms with van der Waals surface area (Å²) in [6.07, 6.45) is 0.593. The average Bonchev–Trinajstić information content (AvgIpc) is 3.85. The molecule has 60 heavy (non-hydrogen) atoms. The third kappa shape index (κ3) is 7.84. The lowest BCUT2D eigenvalue weighted by Gasteiger charge is -2.35. The molecular formula is C43H51F2N7O7S. The molecule has 4 aromatic rings. The van der Waals surface area contributed by atoms with Gasteiger partial charge in [0.1, 0.15) is 24.4 Å². The van der Waals surface area contributed by atoms with E-state index in [0.717, 1.165) is 57.8 Å². The van der Waals surface area contributed by atoms with E-state index in [2.05, 4.69) is 46.2 Å². The van der Waals surface area contributed by atoms with Crippen LogP contribution in [0.5, 0.6) is 5.75 Å². The number of hydrazine groups is 1. The number of anilines is 1. The van der Waals surface area contributed by atoms with Crippen molar-refractivity contribution in [1.82, 2.24) is 30.3 Å². The van der Waals surface area contributed by atoms with Crippen LogP contribution in [-0.2, 0) is 48.0 Å². The second-order valence-corrected chi connectivity index (χ2v) is 18.2. The largest absolute Gasteiger partial charge is 0.489 e. The molecule has 320 valence electrons. The predicted molar refractivity (Wildman–Crippen MR) is 220 cm³/mol. The van der Waals surface area contributed by atoms with Crippen LogP contribution in [0.1, 0.15) is 62.4 Å². The molecule has 1 aromatic carbocycles. The molecule has 5 atom stereocenters. The van der Waals surface area contributed by atoms with Gasteiger partial charge in [-0.1, -0.05) is 13.8 Å². The van der Waals surface area contributed by atoms with Gasteiger partial charge >= 0.3 is 5.97 Å². The monoisotopic (exact) mass is 847 g/mol. The lowest BCUT2D eigenvalue weighted by atomic mass is 9.84. The van der Waals surface area contributed by atoms with Crippen LogP contribution in [0.15, 0.2) is 29.8 Å². The number of carbonyl (C=O) groups is 3. The van der Waals surface area contributed by atoms with Gasteiger partial charge in [0.25, 0.3) is 5.91 Å². The maximum absolute atomic E-state index is 14.1. The number of rotatable bonds is 7. The zero-order valence-electron chi connectivity index (χ0n) is 34.3. The Morgan fingerprint density at radius 3 is 2.68 bits per heavy atom. The molecule has 7 heterocycles. The summed E-state index contributed by atoms with van der Waals surface area (Å²) in [5.41, 5.74) is 9.76. The highest BCUT2D eigenvalue weighted by atomic mass is 32.1. The Balaban J connectivity index is 1.18. The Morgan fingerprint density at radius 1 is 1.10 bits per heavy atom. The first kappa shape index (κ1) is 40.7. The van der Waals surface area contributed by atoms with Gasteiger partial charge in [0.05, 0.1) is 72.0 Å². The standard InChI is InChI=1S/C43H51F2N7O7S/c1-23(56-4)36-29(16-25(20-46-36)50-8-11-57-12-9-50)37-30-19-43(2,3)22-59-42(55)31-6-5-7-52(49-31)41(54)32(48-40(53)28-17-27(28)39(44)45)18-35-47-33(21-60-35)24-14-26(30)38-34(15-24)58-13-10-51(37)38/h14-16,20-21,23,27-28,31-32,39,49H,5-13,17-19,22H2,1-4H3,(H,48,53)/t23-,27-,28-,31-,32-/m0/s1. The third-order valence-electron chi connectivity index (χ3n) is 12.4. The number of morpholine rings is 1. The summed E-state index contributed by atoms with van der Waals surface area (Å²) in [4.78, 5) is 53.5. The first-order valence-electron chi connectivity index (χ1n) is 20.8. The molecular weight excluding hydrogens is 797 g/mol. The Labute approximate surface area is 350 Å². The summed E-state index contributed by atoms with van der Waals surface area (Å²) in [5.74, 6) is -2.73. The number of thiazole rings is 1. The SMILES string of the molecule is CO[C@@H](C)c1ncc(N2CCOCC2)cc1-c1c2c3cc(cc4c3n1CCO4)-c1csc(n1)C[C@H](NC(=O)[C@H]1C[C@@H]1C(F)F)C(=O)N1CCC[C@H](N1)C(=O)OCC(C)(C)C2. The number of nitrogens with zero attached hydrogens (tertiary/aromatic N) is 5. The maximum Gasteiger partial charge on any atom is 0.324 e. The van der Waals surface area contributed by atoms with Crippen LogP contribution in [0, 0.1) is 17.3 Å². The molecule has 2 amide bonds. The van der Waals surface area contributed by atoms with Crippen molar-refractivity contribution in [1.29, 1.82) is 0 Å². The lowest BCUT2D eigenvalue weighted by Crippen LogP contribution is -2.60. The molecule has 9 rings (SSSR count). The number of pyridine rings is 1. The molecule has 4 aliphatic heterocycles. The van der Waals surface area contributed by atoms with E-state index in [-0.39, 0.29) is 25.6 Å². The first-order chi connectivity index (χ1) is 28.9. The summed E-state index contributed by atoms with van der Waals surface area (Å²) >= 11 is 1.35. The molecule has 17 heteroatoms. The molecule has 3 aromatic heterocycles. The van der Waals surface area contributed by atoms with E-state index in [1.807, 2.05) is 24.6 Å². The van der Waals surface area contributed by atoms with E-state index in [1.165, 1.54) is 16.3 Å². The molecule has 3 fully saturated rings. The first-order valence-corrected chi connectivity index (χ1v) is 21.7. The number of hydrogen-bond donors (Lipinski definition) is 2. The summed E-state index contributed by atoms with van der Waals surface area (Å²) in [5, 5.41) is 7.61. The number of carbonyl (C=O) groups excluding carboxylic acids is 3. The number of alkyl halides is 2. The van der Waals surface area contributed by atoms with Gasteiger partial charge in [0.15, 0.2) is 0 Å². The van der Waals surface area contributed by atoms with Crippen molar-refractivity contribution in [2.75, 3.05) is 58.1 Å².